The van der Waals surface area contributed by atoms with Crippen molar-refractivity contribution in [2.45, 2.75) is 37.8 Å². The number of carbonyl (C=O) groups is 1. The summed E-state index contributed by atoms with van der Waals surface area (Å²) < 4.78 is 0. The van der Waals surface area contributed by atoms with Crippen LogP contribution in [-0.4, -0.2) is 29.4 Å². The van der Waals surface area contributed by atoms with Gasteiger partial charge in [0, 0.05) is 18.3 Å². The molecule has 3 N–H and O–H groups in total. The van der Waals surface area contributed by atoms with Crippen molar-refractivity contribution in [1.29, 1.82) is 0 Å². The van der Waals surface area contributed by atoms with E-state index >= 15 is 0 Å². The summed E-state index contributed by atoms with van der Waals surface area (Å²) in [5.41, 5.74) is 6.53. The molecule has 1 aliphatic rings. The molecule has 1 aromatic heterocycles. The topological polar surface area (TPSA) is 68.0 Å². The fraction of sp³-hybridized carbons (Fsp3) is 0.538. The van der Waals surface area contributed by atoms with Crippen LogP contribution in [0.3, 0.4) is 0 Å². The second-order valence-electron chi connectivity index (χ2n) is 4.57. The first-order valence-corrected chi connectivity index (χ1v) is 6.20. The second-order valence-corrected chi connectivity index (χ2v) is 4.57. The van der Waals surface area contributed by atoms with E-state index in [2.05, 4.69) is 10.3 Å². The normalized spacial score (nSPS) is 24.5. The van der Waals surface area contributed by atoms with Gasteiger partial charge in [0.25, 0.3) is 0 Å². The van der Waals surface area contributed by atoms with Gasteiger partial charge in [-0.3, -0.25) is 9.78 Å². The number of nitrogens with two attached hydrogens (primary N) is 1. The summed E-state index contributed by atoms with van der Waals surface area (Å²) in [6, 6.07) is 5.83. The van der Waals surface area contributed by atoms with Gasteiger partial charge in [-0.1, -0.05) is 18.9 Å². The van der Waals surface area contributed by atoms with Crippen LogP contribution < -0.4 is 11.1 Å². The zero-order chi connectivity index (χ0) is 12.1. The molecule has 1 fully saturated rings. The van der Waals surface area contributed by atoms with Gasteiger partial charge in [-0.15, -0.1) is 0 Å². The van der Waals surface area contributed by atoms with Crippen molar-refractivity contribution in [3.8, 4) is 0 Å². The smallest absolute Gasteiger partial charge is 0.194 e. The van der Waals surface area contributed by atoms with E-state index in [1.165, 1.54) is 12.8 Å². The average molecular weight is 233 g/mol. The Morgan fingerprint density at radius 3 is 2.94 bits per heavy atom. The van der Waals surface area contributed by atoms with Crippen molar-refractivity contribution in [2.24, 2.45) is 5.73 Å². The lowest BCUT2D eigenvalue weighted by atomic mass is 9.91. The Labute approximate surface area is 102 Å². The lowest BCUT2D eigenvalue weighted by molar-refractivity contribution is 0.0978. The molecule has 4 nitrogen and oxygen atoms in total. The molecule has 4 heteroatoms. The molecule has 2 rings (SSSR count). The van der Waals surface area contributed by atoms with Gasteiger partial charge in [0.15, 0.2) is 5.78 Å². The Kier molecular flexibility index (Phi) is 4.23. The van der Waals surface area contributed by atoms with Gasteiger partial charge in [-0.05, 0) is 25.0 Å². The minimum Gasteiger partial charge on any atom is -0.326 e. The molecule has 17 heavy (non-hydrogen) atoms. The zero-order valence-corrected chi connectivity index (χ0v) is 9.93. The molecule has 2 atom stereocenters. The van der Waals surface area contributed by atoms with Crippen LogP contribution in [0.15, 0.2) is 24.4 Å². The predicted molar refractivity (Wildman–Crippen MR) is 66.8 cm³/mol. The highest BCUT2D eigenvalue weighted by Gasteiger charge is 2.21. The lowest BCUT2D eigenvalue weighted by Gasteiger charge is -2.29. The van der Waals surface area contributed by atoms with E-state index in [1.54, 1.807) is 18.3 Å². The van der Waals surface area contributed by atoms with Gasteiger partial charge < -0.3 is 11.1 Å². The number of pyridine rings is 1. The summed E-state index contributed by atoms with van der Waals surface area (Å²) in [5.74, 6) is 0.0309. The maximum Gasteiger partial charge on any atom is 0.194 e. The van der Waals surface area contributed by atoms with Crippen LogP contribution in [0, 0.1) is 0 Å². The van der Waals surface area contributed by atoms with E-state index in [1.807, 2.05) is 6.07 Å². The maximum atomic E-state index is 11.8. The Morgan fingerprint density at radius 2 is 2.24 bits per heavy atom. The molecule has 1 aliphatic carbocycles. The number of nitrogens with one attached hydrogen (secondary N) is 1. The summed E-state index contributed by atoms with van der Waals surface area (Å²) in [5, 5.41) is 3.26. The Morgan fingerprint density at radius 1 is 1.41 bits per heavy atom. The monoisotopic (exact) mass is 233 g/mol. The molecule has 1 saturated carbocycles. The third kappa shape index (κ3) is 3.35. The SMILES string of the molecule is NC1CCCCC1NCC(=O)c1ccccn1. The van der Waals surface area contributed by atoms with Gasteiger partial charge in [0.2, 0.25) is 0 Å². The van der Waals surface area contributed by atoms with Crippen molar-refractivity contribution in [3.05, 3.63) is 30.1 Å². The first kappa shape index (κ1) is 12.2. The van der Waals surface area contributed by atoms with Gasteiger partial charge >= 0.3 is 0 Å². The Hall–Kier alpha value is -1.26. The molecule has 0 saturated heterocycles. The molecule has 0 aromatic carbocycles. The third-order valence-corrected chi connectivity index (χ3v) is 3.29. The van der Waals surface area contributed by atoms with Crippen LogP contribution >= 0.6 is 0 Å². The van der Waals surface area contributed by atoms with Crippen LogP contribution in [0.2, 0.25) is 0 Å². The molecular formula is C13H19N3O. The van der Waals surface area contributed by atoms with Crippen molar-refractivity contribution < 1.29 is 4.79 Å². The molecular weight excluding hydrogens is 214 g/mol. The predicted octanol–water partition coefficient (Wildman–Crippen LogP) is 1.12. The van der Waals surface area contributed by atoms with E-state index in [0.717, 1.165) is 12.8 Å². The van der Waals surface area contributed by atoms with Crippen LogP contribution in [-0.2, 0) is 0 Å². The highest BCUT2D eigenvalue weighted by Crippen LogP contribution is 2.16. The number of nitrogens with zero attached hydrogens (tertiary/aromatic N) is 1. The van der Waals surface area contributed by atoms with Crippen molar-refractivity contribution >= 4 is 5.78 Å². The van der Waals surface area contributed by atoms with Crippen molar-refractivity contribution in [3.63, 3.8) is 0 Å². The number of hydrogen-bond acceptors (Lipinski definition) is 4. The third-order valence-electron chi connectivity index (χ3n) is 3.29. The first-order valence-electron chi connectivity index (χ1n) is 6.20. The summed E-state index contributed by atoms with van der Waals surface area (Å²) >= 11 is 0. The minimum absolute atomic E-state index is 0.0309. The highest BCUT2D eigenvalue weighted by molar-refractivity contribution is 5.95. The zero-order valence-electron chi connectivity index (χ0n) is 9.93. The summed E-state index contributed by atoms with van der Waals surface area (Å²) in [7, 11) is 0. The van der Waals surface area contributed by atoms with Gasteiger partial charge in [-0.2, -0.15) is 0 Å². The van der Waals surface area contributed by atoms with Gasteiger partial charge in [0.1, 0.15) is 5.69 Å². The first-order chi connectivity index (χ1) is 8.27. The van der Waals surface area contributed by atoms with E-state index in [9.17, 15) is 4.79 Å². The Bertz CT molecular complexity index is 366. The second kappa shape index (κ2) is 5.89. The number of hydrogen-bond donors (Lipinski definition) is 2. The minimum atomic E-state index is 0.0309. The van der Waals surface area contributed by atoms with E-state index in [0.29, 0.717) is 12.2 Å². The van der Waals surface area contributed by atoms with E-state index < -0.39 is 0 Å². The fourth-order valence-corrected chi connectivity index (χ4v) is 2.26. The van der Waals surface area contributed by atoms with E-state index in [4.69, 9.17) is 5.73 Å². The number of ketones is 1. The van der Waals surface area contributed by atoms with Crippen molar-refractivity contribution in [2.75, 3.05) is 6.54 Å². The lowest BCUT2D eigenvalue weighted by Crippen LogP contribution is -2.48. The van der Waals surface area contributed by atoms with Crippen molar-refractivity contribution in [1.82, 2.24) is 10.3 Å². The standard InChI is InChI=1S/C13H19N3O/c14-10-5-1-2-6-11(10)16-9-13(17)12-7-3-4-8-15-12/h3-4,7-8,10-11,16H,1-2,5-6,9,14H2. The summed E-state index contributed by atoms with van der Waals surface area (Å²) in [4.78, 5) is 15.9. The molecule has 0 amide bonds. The summed E-state index contributed by atoms with van der Waals surface area (Å²) in [6.07, 6.45) is 6.16. The van der Waals surface area contributed by atoms with Gasteiger partial charge in [-0.25, -0.2) is 0 Å². The number of rotatable bonds is 4. The molecule has 1 aromatic rings. The fourth-order valence-electron chi connectivity index (χ4n) is 2.26. The van der Waals surface area contributed by atoms with Crippen LogP contribution in [0.5, 0.6) is 0 Å². The summed E-state index contributed by atoms with van der Waals surface area (Å²) in [6.45, 7) is 0.329. The highest BCUT2D eigenvalue weighted by atomic mass is 16.1. The van der Waals surface area contributed by atoms with Crippen LogP contribution in [0.25, 0.3) is 0 Å². The number of Topliss-reactive ketones (excluding diaryl/α,β-unsaturated/α-hetero) is 1. The quantitative estimate of drug-likeness (QED) is 0.765. The molecule has 1 heterocycles. The average Bonchev–Trinajstić information content (AvgIpc) is 2.38. The van der Waals surface area contributed by atoms with Gasteiger partial charge in [0.05, 0.1) is 6.54 Å². The molecule has 0 bridgehead atoms. The number of carbonyl (C=O) groups excluding carboxylic acids is 1. The molecule has 0 spiro atoms. The molecule has 0 aliphatic heterocycles. The van der Waals surface area contributed by atoms with E-state index in [-0.39, 0.29) is 17.9 Å². The molecule has 92 valence electrons. The number of aromatic nitrogens is 1. The molecule has 0 radical (unpaired) electrons. The largest absolute Gasteiger partial charge is 0.326 e. The van der Waals surface area contributed by atoms with Crippen LogP contribution in [0.1, 0.15) is 36.2 Å². The molecule has 2 unspecified atom stereocenters. The maximum absolute atomic E-state index is 11.8. The Balaban J connectivity index is 1.84. The van der Waals surface area contributed by atoms with Crippen LogP contribution in [0.4, 0.5) is 0 Å².